The zero-order chi connectivity index (χ0) is 17.9. The fourth-order valence-electron chi connectivity index (χ4n) is 4.27. The lowest BCUT2D eigenvalue weighted by Crippen LogP contribution is -2.41. The molecule has 1 nitrogen and oxygen atoms in total. The van der Waals surface area contributed by atoms with Crippen LogP contribution in [-0.2, 0) is 11.8 Å². The largest absolute Gasteiger partial charge is 0.303 e. The number of halogens is 2. The van der Waals surface area contributed by atoms with Gasteiger partial charge < -0.3 is 4.90 Å². The maximum absolute atomic E-state index is 6.79. The zero-order valence-electron chi connectivity index (χ0n) is 16.9. The molecule has 2 rings (SSSR count). The molecule has 144 valence electrons. The molecule has 1 aliphatic heterocycles. The Labute approximate surface area is 166 Å². The molecule has 3 heteroatoms. The molecule has 1 saturated heterocycles. The standard InChI is InChI=1S/C22H36ClN.ClH/c1-7-22(5,6)20-10-8-9-19(21(20)23)12-18(4)15-24-13-16(2)11-17(3)14-24;/h8-10,16-18H,7,11-15H2,1-6H3;1H. The van der Waals surface area contributed by atoms with E-state index < -0.39 is 0 Å². The minimum atomic E-state index is 0. The second-order valence-electron chi connectivity index (χ2n) is 8.99. The minimum absolute atomic E-state index is 0. The third-order valence-corrected chi connectivity index (χ3v) is 6.22. The third kappa shape index (κ3) is 6.15. The van der Waals surface area contributed by atoms with Gasteiger partial charge in [0.1, 0.15) is 0 Å². The molecule has 0 radical (unpaired) electrons. The van der Waals surface area contributed by atoms with Crippen LogP contribution in [0.15, 0.2) is 18.2 Å². The molecular weight excluding hydrogens is 349 g/mol. The molecule has 0 saturated carbocycles. The van der Waals surface area contributed by atoms with Crippen molar-refractivity contribution in [3.05, 3.63) is 34.3 Å². The van der Waals surface area contributed by atoms with Gasteiger partial charge in [-0.3, -0.25) is 0 Å². The highest BCUT2D eigenvalue weighted by molar-refractivity contribution is 6.32. The second kappa shape index (κ2) is 9.62. The van der Waals surface area contributed by atoms with E-state index in [0.29, 0.717) is 5.92 Å². The lowest BCUT2D eigenvalue weighted by atomic mass is 9.81. The first-order valence-corrected chi connectivity index (χ1v) is 10.1. The van der Waals surface area contributed by atoms with Gasteiger partial charge in [0.15, 0.2) is 0 Å². The van der Waals surface area contributed by atoms with Gasteiger partial charge >= 0.3 is 0 Å². The number of benzene rings is 1. The molecule has 3 unspecified atom stereocenters. The van der Waals surface area contributed by atoms with Gasteiger partial charge in [0.2, 0.25) is 0 Å². The topological polar surface area (TPSA) is 3.24 Å². The molecule has 1 fully saturated rings. The second-order valence-corrected chi connectivity index (χ2v) is 9.37. The van der Waals surface area contributed by atoms with E-state index in [0.717, 1.165) is 29.7 Å². The molecule has 1 heterocycles. The van der Waals surface area contributed by atoms with Crippen molar-refractivity contribution in [2.24, 2.45) is 17.8 Å². The molecule has 0 aliphatic carbocycles. The van der Waals surface area contributed by atoms with Crippen LogP contribution < -0.4 is 0 Å². The number of piperidine rings is 1. The average Bonchev–Trinajstić information content (AvgIpc) is 2.48. The fraction of sp³-hybridized carbons (Fsp3) is 0.727. The van der Waals surface area contributed by atoms with Gasteiger partial charge in [0.05, 0.1) is 0 Å². The molecule has 3 atom stereocenters. The van der Waals surface area contributed by atoms with Crippen molar-refractivity contribution in [2.75, 3.05) is 19.6 Å². The van der Waals surface area contributed by atoms with E-state index in [-0.39, 0.29) is 17.8 Å². The Morgan fingerprint density at radius 1 is 1.20 bits per heavy atom. The third-order valence-electron chi connectivity index (χ3n) is 5.77. The first kappa shape index (κ1) is 22.8. The van der Waals surface area contributed by atoms with Crippen LogP contribution in [0, 0.1) is 17.8 Å². The van der Waals surface area contributed by atoms with Gasteiger partial charge in [-0.15, -0.1) is 12.4 Å². The van der Waals surface area contributed by atoms with Crippen molar-refractivity contribution in [3.63, 3.8) is 0 Å². The fourth-order valence-corrected chi connectivity index (χ4v) is 4.73. The minimum Gasteiger partial charge on any atom is -0.303 e. The van der Waals surface area contributed by atoms with Crippen LogP contribution in [0.4, 0.5) is 0 Å². The highest BCUT2D eigenvalue weighted by Gasteiger charge is 2.25. The molecule has 0 N–H and O–H groups in total. The number of rotatable bonds is 6. The number of likely N-dealkylation sites (tertiary alicyclic amines) is 1. The average molecular weight is 386 g/mol. The summed E-state index contributed by atoms with van der Waals surface area (Å²) >= 11 is 6.79. The summed E-state index contributed by atoms with van der Waals surface area (Å²) < 4.78 is 0. The van der Waals surface area contributed by atoms with Gasteiger partial charge in [-0.25, -0.2) is 0 Å². The van der Waals surface area contributed by atoms with Crippen LogP contribution in [0.25, 0.3) is 0 Å². The molecule has 0 aromatic heterocycles. The lowest BCUT2D eigenvalue weighted by Gasteiger charge is -2.36. The van der Waals surface area contributed by atoms with Crippen LogP contribution in [0.2, 0.25) is 5.02 Å². The van der Waals surface area contributed by atoms with Crippen LogP contribution in [-0.4, -0.2) is 24.5 Å². The predicted octanol–water partition coefficient (Wildman–Crippen LogP) is 6.61. The Kier molecular flexibility index (Phi) is 8.78. The van der Waals surface area contributed by atoms with E-state index in [2.05, 4.69) is 64.6 Å². The van der Waals surface area contributed by atoms with Gasteiger partial charge in [0, 0.05) is 24.7 Å². The van der Waals surface area contributed by atoms with E-state index in [9.17, 15) is 0 Å². The summed E-state index contributed by atoms with van der Waals surface area (Å²) in [6, 6.07) is 6.61. The Morgan fingerprint density at radius 2 is 1.80 bits per heavy atom. The first-order valence-electron chi connectivity index (χ1n) is 9.73. The van der Waals surface area contributed by atoms with Crippen LogP contribution in [0.1, 0.15) is 65.5 Å². The Morgan fingerprint density at radius 3 is 2.36 bits per heavy atom. The number of nitrogens with zero attached hydrogens (tertiary/aromatic N) is 1. The van der Waals surface area contributed by atoms with E-state index in [1.165, 1.54) is 37.2 Å². The summed E-state index contributed by atoms with van der Waals surface area (Å²) in [6.45, 7) is 17.7. The Hall–Kier alpha value is -0.240. The summed E-state index contributed by atoms with van der Waals surface area (Å²) in [7, 11) is 0. The molecule has 25 heavy (non-hydrogen) atoms. The van der Waals surface area contributed by atoms with E-state index in [1.54, 1.807) is 0 Å². The van der Waals surface area contributed by atoms with Gasteiger partial charge in [0.25, 0.3) is 0 Å². The summed E-state index contributed by atoms with van der Waals surface area (Å²) in [4.78, 5) is 2.66. The van der Waals surface area contributed by atoms with Crippen LogP contribution >= 0.6 is 24.0 Å². The van der Waals surface area contributed by atoms with Crippen molar-refractivity contribution in [1.29, 1.82) is 0 Å². The Balaban J connectivity index is 0.00000312. The number of hydrogen-bond donors (Lipinski definition) is 0. The molecule has 0 amide bonds. The number of hydrogen-bond acceptors (Lipinski definition) is 1. The monoisotopic (exact) mass is 385 g/mol. The van der Waals surface area contributed by atoms with Crippen molar-refractivity contribution in [1.82, 2.24) is 4.90 Å². The normalized spacial score (nSPS) is 23.2. The maximum atomic E-state index is 6.79. The van der Waals surface area contributed by atoms with Gasteiger partial charge in [-0.05, 0) is 53.6 Å². The molecular formula is C22H37Cl2N. The van der Waals surface area contributed by atoms with Crippen molar-refractivity contribution >= 4 is 24.0 Å². The molecule has 1 aliphatic rings. The van der Waals surface area contributed by atoms with E-state index >= 15 is 0 Å². The SMILES string of the molecule is CCC(C)(C)c1cccc(CC(C)CN2CC(C)CC(C)C2)c1Cl.Cl. The zero-order valence-corrected chi connectivity index (χ0v) is 18.5. The summed E-state index contributed by atoms with van der Waals surface area (Å²) in [6.07, 6.45) is 3.56. The smallest absolute Gasteiger partial charge is 0.0475 e. The van der Waals surface area contributed by atoms with Crippen molar-refractivity contribution in [3.8, 4) is 0 Å². The van der Waals surface area contributed by atoms with Crippen LogP contribution in [0.3, 0.4) is 0 Å². The highest BCUT2D eigenvalue weighted by Crippen LogP contribution is 2.35. The summed E-state index contributed by atoms with van der Waals surface area (Å²) in [5, 5.41) is 0.997. The quantitative estimate of drug-likeness (QED) is 0.532. The molecule has 0 spiro atoms. The first-order chi connectivity index (χ1) is 11.2. The lowest BCUT2D eigenvalue weighted by molar-refractivity contribution is 0.125. The van der Waals surface area contributed by atoms with Crippen molar-refractivity contribution in [2.45, 2.75) is 66.2 Å². The Bertz CT molecular complexity index is 531. The van der Waals surface area contributed by atoms with E-state index in [4.69, 9.17) is 11.6 Å². The molecule has 0 bridgehead atoms. The highest BCUT2D eigenvalue weighted by atomic mass is 35.5. The maximum Gasteiger partial charge on any atom is 0.0475 e. The molecule has 1 aromatic rings. The van der Waals surface area contributed by atoms with E-state index in [1.807, 2.05) is 0 Å². The summed E-state index contributed by atoms with van der Waals surface area (Å²) in [5.41, 5.74) is 2.77. The van der Waals surface area contributed by atoms with Crippen molar-refractivity contribution < 1.29 is 0 Å². The predicted molar refractivity (Wildman–Crippen MR) is 114 cm³/mol. The van der Waals surface area contributed by atoms with Gasteiger partial charge in [-0.1, -0.05) is 71.3 Å². The van der Waals surface area contributed by atoms with Gasteiger partial charge in [-0.2, -0.15) is 0 Å². The molecule has 1 aromatic carbocycles. The van der Waals surface area contributed by atoms with Crippen LogP contribution in [0.5, 0.6) is 0 Å². The summed E-state index contributed by atoms with van der Waals surface area (Å²) in [5.74, 6) is 2.30.